The zero-order valence-electron chi connectivity index (χ0n) is 14.7. The van der Waals surface area contributed by atoms with Gasteiger partial charge in [0.25, 0.3) is 0 Å². The molecule has 0 aromatic carbocycles. The third-order valence-electron chi connectivity index (χ3n) is 4.71. The van der Waals surface area contributed by atoms with Gasteiger partial charge in [-0.1, -0.05) is 6.07 Å². The Kier molecular flexibility index (Phi) is 4.67. The molecule has 2 atom stereocenters. The summed E-state index contributed by atoms with van der Waals surface area (Å²) < 4.78 is 5.37. The number of ether oxygens (including phenoxy) is 1. The van der Waals surface area contributed by atoms with Gasteiger partial charge in [-0.2, -0.15) is 0 Å². The lowest BCUT2D eigenvalue weighted by atomic mass is 9.97. The highest BCUT2D eigenvalue weighted by molar-refractivity contribution is 5.68. The number of hydrogen-bond donors (Lipinski definition) is 2. The Hall–Kier alpha value is -1.82. The van der Waals surface area contributed by atoms with Crippen molar-refractivity contribution in [2.24, 2.45) is 0 Å². The predicted molar refractivity (Wildman–Crippen MR) is 91.8 cm³/mol. The lowest BCUT2D eigenvalue weighted by Gasteiger charge is -2.40. The molecular formula is C18H27N3O3. The number of hydrogen-bond acceptors (Lipinski definition) is 5. The Morgan fingerprint density at radius 2 is 2.00 bits per heavy atom. The van der Waals surface area contributed by atoms with E-state index in [0.717, 1.165) is 37.1 Å². The van der Waals surface area contributed by atoms with E-state index < -0.39 is 5.60 Å². The summed E-state index contributed by atoms with van der Waals surface area (Å²) in [5.41, 5.74) is 0.356. The molecule has 132 valence electrons. The first-order valence-corrected chi connectivity index (χ1v) is 8.69. The summed E-state index contributed by atoms with van der Waals surface area (Å²) in [6.45, 7) is 5.64. The van der Waals surface area contributed by atoms with Crippen molar-refractivity contribution in [2.75, 3.05) is 4.90 Å². The van der Waals surface area contributed by atoms with Gasteiger partial charge in [0.15, 0.2) is 0 Å². The lowest BCUT2D eigenvalue weighted by Crippen LogP contribution is -2.51. The number of piperidine rings is 1. The van der Waals surface area contributed by atoms with Crippen LogP contribution in [0.25, 0.3) is 0 Å². The second kappa shape index (κ2) is 6.59. The van der Waals surface area contributed by atoms with Crippen LogP contribution >= 0.6 is 0 Å². The molecule has 2 aliphatic rings. The van der Waals surface area contributed by atoms with Crippen LogP contribution in [0.1, 0.15) is 52.0 Å². The molecule has 0 spiro atoms. The molecular weight excluding hydrogens is 306 g/mol. The maximum Gasteiger partial charge on any atom is 0.407 e. The van der Waals surface area contributed by atoms with E-state index in [1.54, 1.807) is 6.20 Å². The average molecular weight is 333 g/mol. The topological polar surface area (TPSA) is 74.7 Å². The van der Waals surface area contributed by atoms with Gasteiger partial charge in [0.2, 0.25) is 0 Å². The number of pyridine rings is 1. The number of carbonyl (C=O) groups is 1. The molecule has 1 amide bonds. The number of aliphatic hydroxyl groups excluding tert-OH is 1. The fraction of sp³-hybridized carbons (Fsp3) is 0.667. The van der Waals surface area contributed by atoms with Crippen molar-refractivity contribution in [2.45, 2.75) is 76.8 Å². The van der Waals surface area contributed by atoms with E-state index in [4.69, 9.17) is 9.84 Å². The fourth-order valence-electron chi connectivity index (χ4n) is 3.81. The van der Waals surface area contributed by atoms with Gasteiger partial charge >= 0.3 is 6.09 Å². The highest BCUT2D eigenvalue weighted by Crippen LogP contribution is 2.38. The lowest BCUT2D eigenvalue weighted by molar-refractivity contribution is 0.0492. The van der Waals surface area contributed by atoms with Gasteiger partial charge in [-0.05, 0) is 58.1 Å². The SMILES string of the molecule is CC(C)(C)OC(=O)NC1CC2CCC(C1)N2c1ccc(CO)cn1. The molecule has 0 radical (unpaired) electrons. The molecule has 24 heavy (non-hydrogen) atoms. The number of nitrogens with one attached hydrogen (secondary N) is 1. The number of alkyl carbamates (subject to hydrolysis) is 1. The molecule has 0 aliphatic carbocycles. The van der Waals surface area contributed by atoms with Gasteiger partial charge in [0, 0.05) is 24.3 Å². The zero-order chi connectivity index (χ0) is 17.3. The Labute approximate surface area is 143 Å². The number of aromatic nitrogens is 1. The van der Waals surface area contributed by atoms with E-state index in [9.17, 15) is 4.79 Å². The smallest absolute Gasteiger partial charge is 0.407 e. The van der Waals surface area contributed by atoms with E-state index in [-0.39, 0.29) is 18.7 Å². The third-order valence-corrected chi connectivity index (χ3v) is 4.71. The van der Waals surface area contributed by atoms with Crippen molar-refractivity contribution < 1.29 is 14.6 Å². The molecule has 2 bridgehead atoms. The van der Waals surface area contributed by atoms with Crippen LogP contribution in [0.3, 0.4) is 0 Å². The first kappa shape index (κ1) is 17.0. The Bertz CT molecular complexity index is 568. The number of amides is 1. The predicted octanol–water partition coefficient (Wildman–Crippen LogP) is 2.60. The van der Waals surface area contributed by atoms with Gasteiger partial charge in [0.1, 0.15) is 11.4 Å². The first-order chi connectivity index (χ1) is 11.4. The number of aliphatic hydroxyl groups is 1. The Balaban J connectivity index is 1.62. The number of carbonyl (C=O) groups excluding carboxylic acids is 1. The first-order valence-electron chi connectivity index (χ1n) is 8.69. The van der Waals surface area contributed by atoms with E-state index in [2.05, 4.69) is 15.2 Å². The minimum atomic E-state index is -0.470. The monoisotopic (exact) mass is 333 g/mol. The molecule has 2 fully saturated rings. The van der Waals surface area contributed by atoms with Crippen LogP contribution in [0.5, 0.6) is 0 Å². The standard InChI is InChI=1S/C18H27N3O3/c1-18(2,3)24-17(23)20-13-8-14-5-6-15(9-13)21(14)16-7-4-12(11-22)10-19-16/h4,7,10,13-15,22H,5-6,8-9,11H2,1-3H3,(H,20,23). The average Bonchev–Trinajstić information content (AvgIpc) is 2.76. The molecule has 2 N–H and O–H groups in total. The van der Waals surface area contributed by atoms with E-state index in [1.165, 1.54) is 0 Å². The van der Waals surface area contributed by atoms with Crippen LogP contribution < -0.4 is 10.2 Å². The quantitative estimate of drug-likeness (QED) is 0.889. The van der Waals surface area contributed by atoms with Gasteiger partial charge in [-0.15, -0.1) is 0 Å². The summed E-state index contributed by atoms with van der Waals surface area (Å²) in [4.78, 5) is 18.9. The molecule has 3 heterocycles. The van der Waals surface area contributed by atoms with Gasteiger partial charge in [-0.25, -0.2) is 9.78 Å². The zero-order valence-corrected chi connectivity index (χ0v) is 14.7. The van der Waals surface area contributed by atoms with E-state index in [0.29, 0.717) is 12.1 Å². The summed E-state index contributed by atoms with van der Waals surface area (Å²) in [7, 11) is 0. The van der Waals surface area contributed by atoms with Crippen molar-refractivity contribution in [3.63, 3.8) is 0 Å². The number of fused-ring (bicyclic) bond motifs is 2. The molecule has 0 saturated carbocycles. The second-order valence-corrected chi connectivity index (χ2v) is 7.79. The molecule has 2 unspecified atom stereocenters. The van der Waals surface area contributed by atoms with Crippen LogP contribution in [0.15, 0.2) is 18.3 Å². The highest BCUT2D eigenvalue weighted by Gasteiger charge is 2.42. The van der Waals surface area contributed by atoms with Crippen LogP contribution in [-0.4, -0.2) is 39.9 Å². The minimum absolute atomic E-state index is 0.0159. The van der Waals surface area contributed by atoms with Crippen LogP contribution in [0, 0.1) is 0 Å². The van der Waals surface area contributed by atoms with E-state index in [1.807, 2.05) is 32.9 Å². The third kappa shape index (κ3) is 3.80. The van der Waals surface area contributed by atoms with Crippen molar-refractivity contribution in [3.8, 4) is 0 Å². The molecule has 6 nitrogen and oxygen atoms in total. The molecule has 6 heteroatoms. The summed E-state index contributed by atoms with van der Waals surface area (Å²) in [5.74, 6) is 0.968. The minimum Gasteiger partial charge on any atom is -0.444 e. The molecule has 1 aromatic heterocycles. The van der Waals surface area contributed by atoms with Crippen molar-refractivity contribution in [3.05, 3.63) is 23.9 Å². The van der Waals surface area contributed by atoms with Crippen LogP contribution in [-0.2, 0) is 11.3 Å². The molecule has 3 rings (SSSR count). The van der Waals surface area contributed by atoms with Crippen LogP contribution in [0.4, 0.5) is 10.6 Å². The summed E-state index contributed by atoms with van der Waals surface area (Å²) >= 11 is 0. The highest BCUT2D eigenvalue weighted by atomic mass is 16.6. The summed E-state index contributed by atoms with van der Waals surface area (Å²) in [6, 6.07) is 4.86. The largest absolute Gasteiger partial charge is 0.444 e. The van der Waals surface area contributed by atoms with Gasteiger partial charge in [-0.3, -0.25) is 0 Å². The fourth-order valence-corrected chi connectivity index (χ4v) is 3.81. The Morgan fingerprint density at radius 1 is 1.33 bits per heavy atom. The maximum absolute atomic E-state index is 12.0. The molecule has 1 aromatic rings. The van der Waals surface area contributed by atoms with E-state index >= 15 is 0 Å². The van der Waals surface area contributed by atoms with Gasteiger partial charge < -0.3 is 20.1 Å². The molecule has 2 aliphatic heterocycles. The Morgan fingerprint density at radius 3 is 2.50 bits per heavy atom. The summed E-state index contributed by atoms with van der Waals surface area (Å²) in [6.07, 6.45) is 5.49. The maximum atomic E-state index is 12.0. The van der Waals surface area contributed by atoms with Crippen LogP contribution in [0.2, 0.25) is 0 Å². The normalized spacial score (nSPS) is 26.3. The van der Waals surface area contributed by atoms with Crippen molar-refractivity contribution >= 4 is 11.9 Å². The number of nitrogens with zero attached hydrogens (tertiary/aromatic N) is 2. The number of anilines is 1. The number of rotatable bonds is 3. The molecule has 2 saturated heterocycles. The van der Waals surface area contributed by atoms with Crippen molar-refractivity contribution in [1.29, 1.82) is 0 Å². The second-order valence-electron chi connectivity index (χ2n) is 7.79. The van der Waals surface area contributed by atoms with Crippen molar-refractivity contribution in [1.82, 2.24) is 10.3 Å². The van der Waals surface area contributed by atoms with Gasteiger partial charge in [0.05, 0.1) is 6.61 Å². The summed E-state index contributed by atoms with van der Waals surface area (Å²) in [5, 5.41) is 12.2.